The predicted octanol–water partition coefficient (Wildman–Crippen LogP) is 2.11. The van der Waals surface area contributed by atoms with Crippen molar-refractivity contribution < 1.29 is 9.90 Å². The van der Waals surface area contributed by atoms with Crippen molar-refractivity contribution in [2.75, 3.05) is 7.05 Å². The third kappa shape index (κ3) is 3.29. The molecule has 0 aromatic heterocycles. The molecule has 3 nitrogen and oxygen atoms in total. The van der Waals surface area contributed by atoms with E-state index in [2.05, 4.69) is 11.9 Å². The van der Waals surface area contributed by atoms with Crippen LogP contribution in [0, 0.1) is 0 Å². The Morgan fingerprint density at radius 2 is 2.00 bits per heavy atom. The van der Waals surface area contributed by atoms with Gasteiger partial charge in [-0.05, 0) is 26.8 Å². The average Bonchev–Trinajstić information content (AvgIpc) is 2.17. The fraction of sp³-hybridized carbons (Fsp3) is 0.909. The minimum Gasteiger partial charge on any atom is -0.481 e. The summed E-state index contributed by atoms with van der Waals surface area (Å²) >= 11 is 0. The van der Waals surface area contributed by atoms with Gasteiger partial charge in [0, 0.05) is 12.1 Å². The molecule has 0 saturated heterocycles. The normalized spacial score (nSPS) is 21.1. The SMILES string of the molecule is CC(CC(=O)O)N(C)C1CCCCC1. The van der Waals surface area contributed by atoms with E-state index in [1.54, 1.807) is 0 Å². The second kappa shape index (κ2) is 5.35. The van der Waals surface area contributed by atoms with Crippen molar-refractivity contribution in [3.05, 3.63) is 0 Å². The molecule has 1 fully saturated rings. The van der Waals surface area contributed by atoms with E-state index < -0.39 is 5.97 Å². The van der Waals surface area contributed by atoms with E-state index in [0.29, 0.717) is 6.04 Å². The zero-order valence-electron chi connectivity index (χ0n) is 9.20. The van der Waals surface area contributed by atoms with Crippen LogP contribution in [-0.2, 0) is 4.79 Å². The van der Waals surface area contributed by atoms with Crippen LogP contribution in [0.1, 0.15) is 45.4 Å². The minimum absolute atomic E-state index is 0.163. The lowest BCUT2D eigenvalue weighted by Gasteiger charge is -2.35. The number of carbonyl (C=O) groups is 1. The van der Waals surface area contributed by atoms with Crippen LogP contribution in [-0.4, -0.2) is 35.1 Å². The zero-order valence-corrected chi connectivity index (χ0v) is 9.20. The van der Waals surface area contributed by atoms with Crippen LogP contribution >= 0.6 is 0 Å². The van der Waals surface area contributed by atoms with Crippen molar-refractivity contribution in [1.82, 2.24) is 4.90 Å². The van der Waals surface area contributed by atoms with Crippen LogP contribution in [0.25, 0.3) is 0 Å². The topological polar surface area (TPSA) is 40.5 Å². The standard InChI is InChI=1S/C11H21NO2/c1-9(8-11(13)14)12(2)10-6-4-3-5-7-10/h9-10H,3-8H2,1-2H3,(H,13,14). The van der Waals surface area contributed by atoms with Gasteiger partial charge in [-0.15, -0.1) is 0 Å². The van der Waals surface area contributed by atoms with Gasteiger partial charge < -0.3 is 10.0 Å². The molecule has 1 unspecified atom stereocenters. The third-order valence-corrected chi connectivity index (χ3v) is 3.32. The summed E-state index contributed by atoms with van der Waals surface area (Å²) in [5, 5.41) is 8.70. The number of nitrogens with zero attached hydrogens (tertiary/aromatic N) is 1. The molecule has 1 N–H and O–H groups in total. The Morgan fingerprint density at radius 1 is 1.43 bits per heavy atom. The number of carboxylic acid groups (broad SMARTS) is 1. The molecule has 0 aromatic carbocycles. The minimum atomic E-state index is -0.694. The summed E-state index contributed by atoms with van der Waals surface area (Å²) in [4.78, 5) is 12.8. The zero-order chi connectivity index (χ0) is 10.6. The monoisotopic (exact) mass is 199 g/mol. The second-order valence-electron chi connectivity index (χ2n) is 4.40. The molecule has 14 heavy (non-hydrogen) atoms. The summed E-state index contributed by atoms with van der Waals surface area (Å²) in [5.74, 6) is -0.694. The number of rotatable bonds is 4. The first-order valence-electron chi connectivity index (χ1n) is 5.55. The summed E-state index contributed by atoms with van der Waals surface area (Å²) < 4.78 is 0. The van der Waals surface area contributed by atoms with Crippen LogP contribution in [0.3, 0.4) is 0 Å². The van der Waals surface area contributed by atoms with Gasteiger partial charge in [-0.2, -0.15) is 0 Å². The van der Waals surface area contributed by atoms with Crippen LogP contribution in [0.15, 0.2) is 0 Å². The molecule has 3 heteroatoms. The summed E-state index contributed by atoms with van der Waals surface area (Å²) in [6, 6.07) is 0.772. The number of aliphatic carboxylic acids is 1. The first-order chi connectivity index (χ1) is 6.61. The molecule has 1 atom stereocenters. The van der Waals surface area contributed by atoms with Gasteiger partial charge in [0.2, 0.25) is 0 Å². The maximum Gasteiger partial charge on any atom is 0.304 e. The van der Waals surface area contributed by atoms with Crippen molar-refractivity contribution in [2.45, 2.75) is 57.5 Å². The molecular weight excluding hydrogens is 178 g/mol. The Hall–Kier alpha value is -0.570. The largest absolute Gasteiger partial charge is 0.481 e. The van der Waals surface area contributed by atoms with Crippen molar-refractivity contribution in [2.24, 2.45) is 0 Å². The lowest BCUT2D eigenvalue weighted by Crippen LogP contribution is -2.40. The highest BCUT2D eigenvalue weighted by molar-refractivity contribution is 5.67. The molecule has 0 amide bonds. The van der Waals surface area contributed by atoms with E-state index in [-0.39, 0.29) is 12.5 Å². The fourth-order valence-electron chi connectivity index (χ4n) is 2.24. The molecule has 0 spiro atoms. The lowest BCUT2D eigenvalue weighted by molar-refractivity contribution is -0.138. The molecule has 1 rings (SSSR count). The first-order valence-corrected chi connectivity index (χ1v) is 5.55. The van der Waals surface area contributed by atoms with E-state index in [9.17, 15) is 4.79 Å². The predicted molar refractivity (Wildman–Crippen MR) is 56.4 cm³/mol. The Balaban J connectivity index is 2.37. The smallest absolute Gasteiger partial charge is 0.304 e. The van der Waals surface area contributed by atoms with Crippen molar-refractivity contribution >= 4 is 5.97 Å². The van der Waals surface area contributed by atoms with Gasteiger partial charge in [0.15, 0.2) is 0 Å². The number of hydrogen-bond acceptors (Lipinski definition) is 2. The van der Waals surface area contributed by atoms with E-state index in [0.717, 1.165) is 0 Å². The van der Waals surface area contributed by atoms with Gasteiger partial charge in [-0.1, -0.05) is 19.3 Å². The van der Waals surface area contributed by atoms with E-state index in [1.165, 1.54) is 32.1 Å². The molecule has 1 aliphatic rings. The van der Waals surface area contributed by atoms with Gasteiger partial charge in [-0.25, -0.2) is 0 Å². The number of hydrogen-bond donors (Lipinski definition) is 1. The summed E-state index contributed by atoms with van der Waals surface area (Å²) in [6.07, 6.45) is 6.68. The van der Waals surface area contributed by atoms with Crippen molar-refractivity contribution in [3.8, 4) is 0 Å². The molecule has 0 aliphatic heterocycles. The molecule has 0 radical (unpaired) electrons. The highest BCUT2D eigenvalue weighted by atomic mass is 16.4. The highest BCUT2D eigenvalue weighted by Crippen LogP contribution is 2.23. The Labute approximate surface area is 86.1 Å². The Bertz CT molecular complexity index is 188. The van der Waals surface area contributed by atoms with Crippen LogP contribution in [0.4, 0.5) is 0 Å². The van der Waals surface area contributed by atoms with Crippen molar-refractivity contribution in [1.29, 1.82) is 0 Å². The van der Waals surface area contributed by atoms with E-state index >= 15 is 0 Å². The summed E-state index contributed by atoms with van der Waals surface area (Å²) in [5.41, 5.74) is 0. The van der Waals surface area contributed by atoms with E-state index in [4.69, 9.17) is 5.11 Å². The average molecular weight is 199 g/mol. The van der Waals surface area contributed by atoms with Gasteiger partial charge >= 0.3 is 5.97 Å². The maximum absolute atomic E-state index is 10.6. The van der Waals surface area contributed by atoms with Gasteiger partial charge in [0.25, 0.3) is 0 Å². The second-order valence-corrected chi connectivity index (χ2v) is 4.40. The molecule has 1 saturated carbocycles. The first kappa shape index (κ1) is 11.5. The Morgan fingerprint density at radius 3 is 2.50 bits per heavy atom. The van der Waals surface area contributed by atoms with Gasteiger partial charge in [0.05, 0.1) is 6.42 Å². The van der Waals surface area contributed by atoms with Crippen molar-refractivity contribution in [3.63, 3.8) is 0 Å². The van der Waals surface area contributed by atoms with E-state index in [1.807, 2.05) is 6.92 Å². The molecule has 82 valence electrons. The summed E-state index contributed by atoms with van der Waals surface area (Å²) in [7, 11) is 2.06. The Kier molecular flexibility index (Phi) is 4.39. The molecule has 0 heterocycles. The molecular formula is C11H21NO2. The number of carboxylic acids is 1. The van der Waals surface area contributed by atoms with Crippen LogP contribution in [0.2, 0.25) is 0 Å². The van der Waals surface area contributed by atoms with Crippen LogP contribution in [0.5, 0.6) is 0 Å². The van der Waals surface area contributed by atoms with Crippen LogP contribution < -0.4 is 0 Å². The fourth-order valence-corrected chi connectivity index (χ4v) is 2.24. The van der Waals surface area contributed by atoms with Gasteiger partial charge in [0.1, 0.15) is 0 Å². The quantitative estimate of drug-likeness (QED) is 0.754. The molecule has 0 bridgehead atoms. The lowest BCUT2D eigenvalue weighted by atomic mass is 9.93. The molecule has 1 aliphatic carbocycles. The molecule has 0 aromatic rings. The third-order valence-electron chi connectivity index (χ3n) is 3.32. The van der Waals surface area contributed by atoms with Gasteiger partial charge in [-0.3, -0.25) is 4.79 Å². The highest BCUT2D eigenvalue weighted by Gasteiger charge is 2.22. The maximum atomic E-state index is 10.6. The summed E-state index contributed by atoms with van der Waals surface area (Å²) in [6.45, 7) is 2.00.